The lowest BCUT2D eigenvalue weighted by Crippen LogP contribution is -2.48. The summed E-state index contributed by atoms with van der Waals surface area (Å²) in [5, 5.41) is 10.7. The van der Waals surface area contributed by atoms with Crippen molar-refractivity contribution in [2.75, 3.05) is 61.4 Å². The summed E-state index contributed by atoms with van der Waals surface area (Å²) >= 11 is 1.28. The molecule has 0 bridgehead atoms. The molecule has 2 aromatic heterocycles. The summed E-state index contributed by atoms with van der Waals surface area (Å²) in [4.78, 5) is 23.7. The van der Waals surface area contributed by atoms with Crippen LogP contribution in [0.3, 0.4) is 0 Å². The summed E-state index contributed by atoms with van der Waals surface area (Å²) in [7, 11) is 2.03. The Labute approximate surface area is 180 Å². The van der Waals surface area contributed by atoms with E-state index in [0.29, 0.717) is 10.7 Å². The number of anilines is 3. The first kappa shape index (κ1) is 20.2. The van der Waals surface area contributed by atoms with Crippen molar-refractivity contribution < 1.29 is 4.79 Å². The van der Waals surface area contributed by atoms with Crippen LogP contribution >= 0.6 is 11.3 Å². The summed E-state index contributed by atoms with van der Waals surface area (Å²) in [6.45, 7) is 6.07. The lowest BCUT2D eigenvalue weighted by molar-refractivity contribution is 0.102. The maximum atomic E-state index is 12.2. The zero-order chi connectivity index (χ0) is 20.8. The van der Waals surface area contributed by atoms with E-state index < -0.39 is 0 Å². The molecule has 0 aliphatic carbocycles. The number of carbonyl (C=O) groups is 1. The number of hydrogen-bond donors (Lipinski definition) is 1. The molecule has 0 saturated carbocycles. The Morgan fingerprint density at radius 3 is 2.60 bits per heavy atom. The predicted octanol–water partition coefficient (Wildman–Crippen LogP) is 2.44. The van der Waals surface area contributed by atoms with E-state index in [4.69, 9.17) is 0 Å². The third kappa shape index (κ3) is 5.11. The first-order chi connectivity index (χ1) is 14.7. The molecule has 4 rings (SSSR count). The third-order valence-electron chi connectivity index (χ3n) is 5.23. The van der Waals surface area contributed by atoms with Crippen LogP contribution in [0, 0.1) is 0 Å². The minimum absolute atomic E-state index is 0.232. The number of rotatable bonds is 7. The Bertz CT molecular complexity index is 926. The van der Waals surface area contributed by atoms with E-state index in [9.17, 15) is 4.79 Å². The van der Waals surface area contributed by atoms with Gasteiger partial charge in [0.25, 0.3) is 5.91 Å². The van der Waals surface area contributed by atoms with Gasteiger partial charge in [-0.05, 0) is 24.3 Å². The van der Waals surface area contributed by atoms with Crippen LogP contribution in [0.1, 0.15) is 10.4 Å². The summed E-state index contributed by atoms with van der Waals surface area (Å²) in [5.41, 5.74) is 3.38. The number of hydrogen-bond acceptors (Lipinski definition) is 8. The molecule has 1 N–H and O–H groups in total. The molecule has 0 unspecified atom stereocenters. The van der Waals surface area contributed by atoms with Crippen LogP contribution in [-0.4, -0.2) is 72.3 Å². The molecule has 3 aromatic rings. The molecule has 0 radical (unpaired) electrons. The summed E-state index contributed by atoms with van der Waals surface area (Å²) < 4.78 is 0. The number of para-hydroxylation sites is 1. The van der Waals surface area contributed by atoms with E-state index in [1.807, 2.05) is 13.1 Å². The second-order valence-corrected chi connectivity index (χ2v) is 8.02. The van der Waals surface area contributed by atoms with Gasteiger partial charge in [0.15, 0.2) is 0 Å². The number of pyridine rings is 1. The number of likely N-dealkylation sites (N-methyl/N-ethyl adjacent to an activating group) is 1. The summed E-state index contributed by atoms with van der Waals surface area (Å²) in [6.07, 6.45) is 1.60. The maximum Gasteiger partial charge on any atom is 0.259 e. The van der Waals surface area contributed by atoms with Crippen LogP contribution < -0.4 is 15.1 Å². The van der Waals surface area contributed by atoms with Gasteiger partial charge in [0.2, 0.25) is 5.13 Å². The molecule has 3 heterocycles. The first-order valence-corrected chi connectivity index (χ1v) is 10.8. The molecule has 1 aromatic carbocycles. The van der Waals surface area contributed by atoms with Crippen LogP contribution in [0.2, 0.25) is 0 Å². The monoisotopic (exact) mass is 423 g/mol. The minimum atomic E-state index is -0.232. The van der Waals surface area contributed by atoms with Gasteiger partial charge in [-0.15, -0.1) is 10.2 Å². The smallest absolute Gasteiger partial charge is 0.259 e. The lowest BCUT2D eigenvalue weighted by Gasteiger charge is -2.36. The molecule has 1 amide bonds. The van der Waals surface area contributed by atoms with Gasteiger partial charge >= 0.3 is 0 Å². The Morgan fingerprint density at radius 2 is 1.93 bits per heavy atom. The normalized spacial score (nSPS) is 14.5. The zero-order valence-corrected chi connectivity index (χ0v) is 17.8. The van der Waals surface area contributed by atoms with E-state index in [2.05, 4.69) is 65.5 Å². The zero-order valence-electron chi connectivity index (χ0n) is 16.9. The molecule has 9 heteroatoms. The molecular formula is C21H25N7OS. The van der Waals surface area contributed by atoms with Crippen molar-refractivity contribution in [1.29, 1.82) is 0 Å². The average Bonchev–Trinajstić information content (AvgIpc) is 3.31. The number of benzene rings is 1. The molecule has 8 nitrogen and oxygen atoms in total. The summed E-state index contributed by atoms with van der Waals surface area (Å²) in [5.74, 6) is 0.620. The van der Waals surface area contributed by atoms with E-state index in [1.165, 1.54) is 17.0 Å². The van der Waals surface area contributed by atoms with Crippen LogP contribution in [-0.2, 0) is 0 Å². The van der Waals surface area contributed by atoms with Gasteiger partial charge in [-0.2, -0.15) is 0 Å². The van der Waals surface area contributed by atoms with Crippen LogP contribution in [0.4, 0.5) is 16.6 Å². The fourth-order valence-electron chi connectivity index (χ4n) is 3.42. The van der Waals surface area contributed by atoms with E-state index in [1.54, 1.807) is 17.8 Å². The van der Waals surface area contributed by atoms with Crippen molar-refractivity contribution >= 4 is 33.9 Å². The van der Waals surface area contributed by atoms with Gasteiger partial charge in [0.05, 0.1) is 5.56 Å². The Balaban J connectivity index is 1.23. The van der Waals surface area contributed by atoms with Crippen molar-refractivity contribution in [3.63, 3.8) is 0 Å². The van der Waals surface area contributed by atoms with E-state index in [0.717, 1.165) is 45.1 Å². The molecule has 0 atom stereocenters. The number of amides is 1. The van der Waals surface area contributed by atoms with Crippen molar-refractivity contribution in [1.82, 2.24) is 20.1 Å². The maximum absolute atomic E-state index is 12.2. The number of nitrogens with one attached hydrogen (secondary N) is 1. The minimum Gasteiger partial charge on any atom is -0.369 e. The SMILES string of the molecule is CN(CCN1CCN(c2ccccc2)CC1)c1ccc(C(=O)Nc2nncs2)cn1. The molecular weight excluding hydrogens is 398 g/mol. The summed E-state index contributed by atoms with van der Waals surface area (Å²) in [6, 6.07) is 14.3. The van der Waals surface area contributed by atoms with Crippen LogP contribution in [0.25, 0.3) is 0 Å². The standard InChI is InChI=1S/C21H25N7OS/c1-26(9-10-27-11-13-28(14-12-27)18-5-3-2-4-6-18)19-8-7-17(15-22-19)20(29)24-21-25-23-16-30-21/h2-8,15-16H,9-14H2,1H3,(H,24,25,29). The van der Waals surface area contributed by atoms with Crippen molar-refractivity contribution in [3.05, 3.63) is 59.7 Å². The van der Waals surface area contributed by atoms with Crippen molar-refractivity contribution in [2.24, 2.45) is 0 Å². The Hall–Kier alpha value is -3.04. The molecule has 0 spiro atoms. The van der Waals surface area contributed by atoms with Crippen molar-refractivity contribution in [2.45, 2.75) is 0 Å². The molecule has 1 fully saturated rings. The average molecular weight is 424 g/mol. The number of piperazine rings is 1. The van der Waals surface area contributed by atoms with Gasteiger partial charge in [-0.25, -0.2) is 4.98 Å². The third-order valence-corrected chi connectivity index (χ3v) is 5.83. The fraction of sp³-hybridized carbons (Fsp3) is 0.333. The van der Waals surface area contributed by atoms with Crippen LogP contribution in [0.5, 0.6) is 0 Å². The largest absolute Gasteiger partial charge is 0.369 e. The van der Waals surface area contributed by atoms with Crippen LogP contribution in [0.15, 0.2) is 54.2 Å². The highest BCUT2D eigenvalue weighted by Crippen LogP contribution is 2.16. The van der Waals surface area contributed by atoms with Gasteiger partial charge < -0.3 is 9.80 Å². The van der Waals surface area contributed by atoms with Gasteiger partial charge in [-0.3, -0.25) is 15.0 Å². The molecule has 30 heavy (non-hydrogen) atoms. The Kier molecular flexibility index (Phi) is 6.50. The Morgan fingerprint density at radius 1 is 1.13 bits per heavy atom. The van der Waals surface area contributed by atoms with Crippen molar-refractivity contribution in [3.8, 4) is 0 Å². The second-order valence-electron chi connectivity index (χ2n) is 7.19. The highest BCUT2D eigenvalue weighted by Gasteiger charge is 2.17. The molecule has 1 saturated heterocycles. The topological polar surface area (TPSA) is 77.5 Å². The van der Waals surface area contributed by atoms with E-state index in [-0.39, 0.29) is 5.91 Å². The molecule has 1 aliphatic heterocycles. The lowest BCUT2D eigenvalue weighted by atomic mass is 10.2. The van der Waals surface area contributed by atoms with E-state index >= 15 is 0 Å². The fourth-order valence-corrected chi connectivity index (χ4v) is 3.86. The number of aromatic nitrogens is 3. The van der Waals surface area contributed by atoms with Gasteiger partial charge in [0, 0.05) is 58.2 Å². The first-order valence-electron chi connectivity index (χ1n) is 9.96. The molecule has 156 valence electrons. The number of carbonyl (C=O) groups excluding carboxylic acids is 1. The van der Waals surface area contributed by atoms with Gasteiger partial charge in [0.1, 0.15) is 11.3 Å². The second kappa shape index (κ2) is 9.64. The molecule has 1 aliphatic rings. The van der Waals surface area contributed by atoms with Gasteiger partial charge in [-0.1, -0.05) is 29.5 Å². The highest BCUT2D eigenvalue weighted by molar-refractivity contribution is 7.13. The predicted molar refractivity (Wildman–Crippen MR) is 120 cm³/mol. The number of nitrogens with zero attached hydrogens (tertiary/aromatic N) is 6. The quantitative estimate of drug-likeness (QED) is 0.625. The highest BCUT2D eigenvalue weighted by atomic mass is 32.1.